The molecule has 1 aromatic rings. The van der Waals surface area contributed by atoms with Gasteiger partial charge >= 0.3 is 0 Å². The van der Waals surface area contributed by atoms with Crippen LogP contribution in [-0.4, -0.2) is 41.8 Å². The van der Waals surface area contributed by atoms with E-state index >= 15 is 0 Å². The third kappa shape index (κ3) is 4.70. The van der Waals surface area contributed by atoms with Crippen LogP contribution in [-0.2, 0) is 6.54 Å². The van der Waals surface area contributed by atoms with E-state index in [9.17, 15) is 4.39 Å². The van der Waals surface area contributed by atoms with Crippen LogP contribution in [0.4, 0.5) is 4.39 Å². The first-order valence-corrected chi connectivity index (χ1v) is 9.57. The molecule has 5 nitrogen and oxygen atoms in total. The van der Waals surface area contributed by atoms with Gasteiger partial charge in [-0.2, -0.15) is 0 Å². The molecule has 0 radical (unpaired) electrons. The summed E-state index contributed by atoms with van der Waals surface area (Å²) in [7, 11) is 0. The Morgan fingerprint density at radius 1 is 1.33 bits per heavy atom. The minimum absolute atomic E-state index is 0.317. The second-order valence-electron chi connectivity index (χ2n) is 6.48. The molecule has 27 heavy (non-hydrogen) atoms. The molecule has 3 N–H and O–H groups in total. The molecule has 3 rings (SSSR count). The van der Waals surface area contributed by atoms with E-state index < -0.39 is 0 Å². The summed E-state index contributed by atoms with van der Waals surface area (Å²) in [6.45, 7) is 5.52. The highest BCUT2D eigenvalue weighted by Gasteiger charge is 2.20. The predicted molar refractivity (Wildman–Crippen MR) is 108 cm³/mol. The van der Waals surface area contributed by atoms with Crippen molar-refractivity contribution in [2.75, 3.05) is 26.2 Å². The van der Waals surface area contributed by atoms with Gasteiger partial charge in [0.25, 0.3) is 0 Å². The lowest BCUT2D eigenvalue weighted by Gasteiger charge is -2.30. The van der Waals surface area contributed by atoms with Crippen LogP contribution in [0.3, 0.4) is 0 Å². The van der Waals surface area contributed by atoms with E-state index in [2.05, 4.69) is 23.6 Å². The fourth-order valence-corrected chi connectivity index (χ4v) is 3.35. The molecular formula is C20H25ClFN5. The number of allylic oxidation sites excluding steroid dienone is 3. The molecule has 2 aliphatic rings. The molecule has 0 aromatic heterocycles. The minimum Gasteiger partial charge on any atom is -0.354 e. The molecule has 0 unspecified atom stereocenters. The molecule has 1 saturated heterocycles. The fraction of sp³-hybridized carbons (Fsp3) is 0.350. The summed E-state index contributed by atoms with van der Waals surface area (Å²) in [6.07, 6.45) is 10.6. The summed E-state index contributed by atoms with van der Waals surface area (Å²) in [5, 5.41) is 15.1. The van der Waals surface area contributed by atoms with E-state index in [1.165, 1.54) is 6.07 Å². The summed E-state index contributed by atoms with van der Waals surface area (Å²) in [5.74, 6) is 0.797. The van der Waals surface area contributed by atoms with Crippen molar-refractivity contribution in [2.45, 2.75) is 19.9 Å². The van der Waals surface area contributed by atoms with Crippen molar-refractivity contribution >= 4 is 17.4 Å². The van der Waals surface area contributed by atoms with E-state index in [1.807, 2.05) is 34.4 Å². The first kappa shape index (κ1) is 19.5. The topological polar surface area (TPSA) is 54.4 Å². The van der Waals surface area contributed by atoms with E-state index in [1.54, 1.807) is 6.07 Å². The molecule has 0 amide bonds. The largest absolute Gasteiger partial charge is 0.354 e. The van der Waals surface area contributed by atoms with Crippen LogP contribution in [0.25, 0.3) is 0 Å². The second-order valence-corrected chi connectivity index (χ2v) is 6.89. The van der Waals surface area contributed by atoms with Gasteiger partial charge in [0, 0.05) is 54.7 Å². The van der Waals surface area contributed by atoms with Gasteiger partial charge in [-0.1, -0.05) is 30.7 Å². The van der Waals surface area contributed by atoms with Crippen LogP contribution >= 0.6 is 11.6 Å². The molecule has 1 fully saturated rings. The maximum absolute atomic E-state index is 14.8. The highest BCUT2D eigenvalue weighted by Crippen LogP contribution is 2.26. The Hall–Kier alpha value is -2.31. The van der Waals surface area contributed by atoms with Gasteiger partial charge in [-0.3, -0.25) is 5.41 Å². The fourth-order valence-electron chi connectivity index (χ4n) is 3.08. The third-order valence-corrected chi connectivity index (χ3v) is 4.93. The molecule has 144 valence electrons. The zero-order chi connectivity index (χ0) is 19.2. The number of hydrogen-bond donors (Lipinski definition) is 3. The van der Waals surface area contributed by atoms with Crippen molar-refractivity contribution in [3.63, 3.8) is 0 Å². The van der Waals surface area contributed by atoms with Crippen molar-refractivity contribution in [1.29, 1.82) is 5.41 Å². The predicted octanol–water partition coefficient (Wildman–Crippen LogP) is 3.39. The lowest BCUT2D eigenvalue weighted by atomic mass is 10.1. The monoisotopic (exact) mass is 389 g/mol. The lowest BCUT2D eigenvalue weighted by Crippen LogP contribution is -2.46. The van der Waals surface area contributed by atoms with Crippen molar-refractivity contribution < 1.29 is 4.39 Å². The smallest absolute Gasteiger partial charge is 0.130 e. The maximum atomic E-state index is 14.8. The molecule has 0 bridgehead atoms. The van der Waals surface area contributed by atoms with E-state index in [0.717, 1.165) is 38.4 Å². The Morgan fingerprint density at radius 2 is 2.11 bits per heavy atom. The van der Waals surface area contributed by atoms with Crippen LogP contribution in [0.15, 0.2) is 48.6 Å². The van der Waals surface area contributed by atoms with Crippen molar-refractivity contribution in [3.8, 4) is 0 Å². The number of piperazine rings is 1. The lowest BCUT2D eigenvalue weighted by molar-refractivity contribution is 0.356. The molecule has 0 spiro atoms. The van der Waals surface area contributed by atoms with Gasteiger partial charge < -0.3 is 20.4 Å². The number of hydrogen-bond acceptors (Lipinski definition) is 4. The van der Waals surface area contributed by atoms with Gasteiger partial charge in [-0.15, -0.1) is 0 Å². The van der Waals surface area contributed by atoms with E-state index in [4.69, 9.17) is 17.0 Å². The number of nitrogens with one attached hydrogen (secondary N) is 3. The Balaban J connectivity index is 1.77. The Labute approximate surface area is 164 Å². The average molecular weight is 390 g/mol. The van der Waals surface area contributed by atoms with Crippen LogP contribution in [0.5, 0.6) is 0 Å². The van der Waals surface area contributed by atoms with Gasteiger partial charge in [0.05, 0.1) is 6.54 Å². The minimum atomic E-state index is -0.388. The first-order chi connectivity index (χ1) is 13.1. The van der Waals surface area contributed by atoms with Gasteiger partial charge in [0.1, 0.15) is 17.5 Å². The molecule has 2 aliphatic heterocycles. The second kappa shape index (κ2) is 9.06. The molecule has 0 aliphatic carbocycles. The Morgan fingerprint density at radius 3 is 2.81 bits per heavy atom. The summed E-state index contributed by atoms with van der Waals surface area (Å²) < 4.78 is 14.8. The number of benzene rings is 1. The molecule has 0 atom stereocenters. The molecule has 2 heterocycles. The van der Waals surface area contributed by atoms with Gasteiger partial charge in [-0.25, -0.2) is 4.39 Å². The van der Waals surface area contributed by atoms with Crippen molar-refractivity contribution in [3.05, 3.63) is 70.5 Å². The Kier molecular flexibility index (Phi) is 6.53. The average Bonchev–Trinajstić information content (AvgIpc) is 3.12. The maximum Gasteiger partial charge on any atom is 0.130 e. The highest BCUT2D eigenvalue weighted by molar-refractivity contribution is 6.31. The van der Waals surface area contributed by atoms with Crippen molar-refractivity contribution in [2.24, 2.45) is 0 Å². The van der Waals surface area contributed by atoms with E-state index in [-0.39, 0.29) is 5.82 Å². The van der Waals surface area contributed by atoms with Gasteiger partial charge in [0.2, 0.25) is 0 Å². The number of rotatable bonds is 5. The molecule has 7 heteroatoms. The van der Waals surface area contributed by atoms with E-state index in [0.29, 0.717) is 28.5 Å². The summed E-state index contributed by atoms with van der Waals surface area (Å²) in [4.78, 5) is 3.85. The van der Waals surface area contributed by atoms with Crippen LogP contribution in [0.2, 0.25) is 5.02 Å². The van der Waals surface area contributed by atoms with Crippen LogP contribution in [0, 0.1) is 11.2 Å². The highest BCUT2D eigenvalue weighted by atomic mass is 35.5. The molecule has 0 saturated carbocycles. The third-order valence-electron chi connectivity index (χ3n) is 4.60. The van der Waals surface area contributed by atoms with Gasteiger partial charge in [-0.05, 0) is 24.6 Å². The summed E-state index contributed by atoms with van der Waals surface area (Å²) in [6, 6.07) is 3.11. The quantitative estimate of drug-likeness (QED) is 0.533. The first-order valence-electron chi connectivity index (χ1n) is 9.19. The number of halogens is 2. The SMILES string of the molecule is CC/C=C/C=C1\NC=CN1Cc1c(F)cc(C(=N)N2CCNCC2)cc1Cl. The number of nitrogens with zero attached hydrogens (tertiary/aromatic N) is 2. The number of amidine groups is 1. The van der Waals surface area contributed by atoms with Crippen LogP contribution in [0.1, 0.15) is 24.5 Å². The Bertz CT molecular complexity index is 758. The standard InChI is InChI=1S/C20H25ClFN5/c1-2-3-4-5-19-25-8-11-27(19)14-16-17(21)12-15(13-18(16)22)20(23)26-9-6-24-7-10-26/h3-5,8,11-13,23-25H,2,6-7,9-10,14H2,1H3/b4-3+,19-5+,23-20?. The van der Waals surface area contributed by atoms with Gasteiger partial charge in [0.15, 0.2) is 0 Å². The molecule has 1 aromatic carbocycles. The normalized spacial score (nSPS) is 18.6. The zero-order valence-corrected chi connectivity index (χ0v) is 16.2. The zero-order valence-electron chi connectivity index (χ0n) is 15.4. The van der Waals surface area contributed by atoms with Crippen LogP contribution < -0.4 is 10.6 Å². The summed E-state index contributed by atoms with van der Waals surface area (Å²) in [5.41, 5.74) is 0.937. The van der Waals surface area contributed by atoms with Crippen molar-refractivity contribution in [1.82, 2.24) is 20.4 Å². The molecular weight excluding hydrogens is 365 g/mol. The summed E-state index contributed by atoms with van der Waals surface area (Å²) >= 11 is 6.40.